The molecule has 2 fully saturated rings. The summed E-state index contributed by atoms with van der Waals surface area (Å²) in [5, 5.41) is 10.2. The van der Waals surface area contributed by atoms with Gasteiger partial charge < -0.3 is 14.4 Å². The Morgan fingerprint density at radius 2 is 1.58 bits per heavy atom. The van der Waals surface area contributed by atoms with Gasteiger partial charge in [0, 0.05) is 61.9 Å². The van der Waals surface area contributed by atoms with Crippen LogP contribution in [0.4, 0.5) is 0 Å². The number of rotatable bonds is 4. The molecular weight excluding hydrogens is 502 g/mol. The van der Waals surface area contributed by atoms with Crippen molar-refractivity contribution in [1.29, 1.82) is 5.26 Å². The molecule has 0 spiro atoms. The van der Waals surface area contributed by atoms with E-state index in [0.29, 0.717) is 41.6 Å². The highest BCUT2D eigenvalue weighted by molar-refractivity contribution is 8.24. The van der Waals surface area contributed by atoms with Gasteiger partial charge in [-0.15, -0.1) is 0 Å². The molecule has 0 bridgehead atoms. The second kappa shape index (κ2) is 10.4. The van der Waals surface area contributed by atoms with Gasteiger partial charge in [0.25, 0.3) is 11.8 Å². The average Bonchev–Trinajstić information content (AvgIpc) is 3.31. The number of piperazine rings is 1. The first kappa shape index (κ1) is 26.3. The van der Waals surface area contributed by atoms with E-state index in [1.165, 1.54) is 0 Å². The van der Waals surface area contributed by atoms with Gasteiger partial charge in [-0.25, -0.2) is 0 Å². The second-order valence-corrected chi connectivity index (χ2v) is 12.6. The first-order valence-electron chi connectivity index (χ1n) is 12.9. The monoisotopic (exact) mass is 535 g/mol. The lowest BCUT2D eigenvalue weighted by molar-refractivity contribution is 0.0595. The van der Waals surface area contributed by atoms with Gasteiger partial charge in [-0.2, -0.15) is 15.9 Å². The summed E-state index contributed by atoms with van der Waals surface area (Å²) in [6.07, 6.45) is 0. The van der Waals surface area contributed by atoms with Crippen LogP contribution < -0.4 is 0 Å². The number of fused-ring (bicyclic) bond motifs is 1. The van der Waals surface area contributed by atoms with Gasteiger partial charge in [-0.1, -0.05) is 6.07 Å². The maximum atomic E-state index is 13.7. The topological polar surface area (TPSA) is 113 Å². The van der Waals surface area contributed by atoms with Crippen LogP contribution in [0.1, 0.15) is 40.3 Å². The predicted molar refractivity (Wildman–Crippen MR) is 149 cm³/mol. The molecule has 0 radical (unpaired) electrons. The minimum absolute atomic E-state index is 0.0244. The van der Waals surface area contributed by atoms with E-state index in [2.05, 4.69) is 24.8 Å². The first-order valence-corrected chi connectivity index (χ1v) is 14.8. The second-order valence-electron chi connectivity index (χ2n) is 10.2. The Bertz CT molecular complexity index is 1410. The number of hydrogen-bond donors (Lipinski definition) is 2. The Kier molecular flexibility index (Phi) is 7.20. The highest BCUT2D eigenvalue weighted by atomic mass is 32.3. The standard InChI is InChI=1S/C28H33N5O4S/c1-20(2)30-8-10-31(11-9-30)27(34)22-6-7-25-23(17-22)18-26(28(35)32-12-14-38(36,37)15-13-32)33(25)24-5-3-4-21(16-24)19-29/h3-7,16-18,20,36-37H,8-15H2,1-2H3. The molecule has 10 heteroatoms. The van der Waals surface area contributed by atoms with Crippen molar-refractivity contribution in [3.63, 3.8) is 0 Å². The smallest absolute Gasteiger partial charge is 0.270 e. The first-order chi connectivity index (χ1) is 18.2. The molecule has 2 aliphatic heterocycles. The lowest BCUT2D eigenvalue weighted by Crippen LogP contribution is -2.50. The fourth-order valence-electron chi connectivity index (χ4n) is 5.21. The molecular formula is C28H33N5O4S. The minimum atomic E-state index is -2.64. The SMILES string of the molecule is CC(C)N1CCN(C(=O)c2ccc3c(c2)cc(C(=O)N2CCS(O)(O)CC2)n3-c2cccc(C#N)c2)CC1. The van der Waals surface area contributed by atoms with E-state index in [0.717, 1.165) is 24.0 Å². The van der Waals surface area contributed by atoms with Crippen LogP contribution in [0.25, 0.3) is 16.6 Å². The summed E-state index contributed by atoms with van der Waals surface area (Å²) in [7, 11) is -2.64. The third-order valence-electron chi connectivity index (χ3n) is 7.50. The Morgan fingerprint density at radius 3 is 2.24 bits per heavy atom. The number of aromatic nitrogens is 1. The quantitative estimate of drug-likeness (QED) is 0.524. The van der Waals surface area contributed by atoms with Crippen molar-refractivity contribution in [2.75, 3.05) is 50.8 Å². The Morgan fingerprint density at radius 1 is 0.895 bits per heavy atom. The zero-order valence-corrected chi connectivity index (χ0v) is 22.5. The van der Waals surface area contributed by atoms with Crippen LogP contribution in [0.5, 0.6) is 0 Å². The summed E-state index contributed by atoms with van der Waals surface area (Å²) in [6, 6.07) is 16.9. The van der Waals surface area contributed by atoms with Crippen LogP contribution in [0, 0.1) is 11.3 Å². The van der Waals surface area contributed by atoms with E-state index in [-0.39, 0.29) is 36.4 Å². The number of carbonyl (C=O) groups excluding carboxylic acids is 2. The van der Waals surface area contributed by atoms with Crippen molar-refractivity contribution in [3.8, 4) is 11.8 Å². The summed E-state index contributed by atoms with van der Waals surface area (Å²) >= 11 is 0. The van der Waals surface area contributed by atoms with Crippen LogP contribution in [0.3, 0.4) is 0 Å². The zero-order chi connectivity index (χ0) is 27.0. The molecule has 1 aromatic heterocycles. The molecule has 200 valence electrons. The van der Waals surface area contributed by atoms with Crippen molar-refractivity contribution in [2.45, 2.75) is 19.9 Å². The van der Waals surface area contributed by atoms with Crippen molar-refractivity contribution in [2.24, 2.45) is 0 Å². The largest absolute Gasteiger partial charge is 0.336 e. The normalized spacial score (nSPS) is 18.9. The maximum Gasteiger partial charge on any atom is 0.270 e. The summed E-state index contributed by atoms with van der Waals surface area (Å²) in [5.74, 6) is 0.0665. The molecule has 0 atom stereocenters. The molecule has 0 saturated carbocycles. The summed E-state index contributed by atoms with van der Waals surface area (Å²) in [6.45, 7) is 7.88. The molecule has 9 nitrogen and oxygen atoms in total. The fourth-order valence-corrected chi connectivity index (χ4v) is 6.44. The average molecular weight is 536 g/mol. The molecule has 38 heavy (non-hydrogen) atoms. The number of carbonyl (C=O) groups is 2. The minimum Gasteiger partial charge on any atom is -0.336 e. The number of nitrogens with zero attached hydrogens (tertiary/aromatic N) is 5. The molecule has 2 N–H and O–H groups in total. The molecule has 2 amide bonds. The maximum absolute atomic E-state index is 13.7. The molecule has 2 saturated heterocycles. The Balaban J connectivity index is 1.51. The van der Waals surface area contributed by atoms with Gasteiger partial charge in [-0.05, 0) is 56.3 Å². The number of amides is 2. The molecule has 0 unspecified atom stereocenters. The molecule has 2 aromatic carbocycles. The van der Waals surface area contributed by atoms with Gasteiger partial charge in [0.2, 0.25) is 0 Å². The van der Waals surface area contributed by atoms with E-state index in [1.54, 1.807) is 35.2 Å². The van der Waals surface area contributed by atoms with Crippen molar-refractivity contribution in [1.82, 2.24) is 19.3 Å². The highest BCUT2D eigenvalue weighted by Crippen LogP contribution is 2.40. The van der Waals surface area contributed by atoms with Crippen LogP contribution in [0.2, 0.25) is 0 Å². The molecule has 3 heterocycles. The van der Waals surface area contributed by atoms with Crippen molar-refractivity contribution in [3.05, 3.63) is 65.4 Å². The third kappa shape index (κ3) is 5.15. The van der Waals surface area contributed by atoms with Gasteiger partial charge in [0.05, 0.1) is 28.7 Å². The highest BCUT2D eigenvalue weighted by Gasteiger charge is 2.29. The number of nitriles is 1. The number of benzene rings is 2. The molecule has 2 aliphatic rings. The fraction of sp³-hybridized carbons (Fsp3) is 0.393. The van der Waals surface area contributed by atoms with Gasteiger partial charge in [0.15, 0.2) is 0 Å². The van der Waals surface area contributed by atoms with E-state index >= 15 is 0 Å². The molecule has 3 aromatic rings. The number of hydrogen-bond acceptors (Lipinski definition) is 6. The molecule has 5 rings (SSSR count). The zero-order valence-electron chi connectivity index (χ0n) is 21.7. The van der Waals surface area contributed by atoms with E-state index in [9.17, 15) is 24.0 Å². The van der Waals surface area contributed by atoms with E-state index < -0.39 is 10.6 Å². The Labute approximate surface area is 224 Å². The van der Waals surface area contributed by atoms with Crippen LogP contribution in [-0.2, 0) is 0 Å². The van der Waals surface area contributed by atoms with E-state index in [4.69, 9.17) is 0 Å². The summed E-state index contributed by atoms with van der Waals surface area (Å²) in [4.78, 5) is 32.9. The van der Waals surface area contributed by atoms with Crippen LogP contribution >= 0.6 is 10.6 Å². The summed E-state index contributed by atoms with van der Waals surface area (Å²) in [5.41, 5.74) is 2.88. The third-order valence-corrected chi connectivity index (χ3v) is 9.17. The molecule has 0 aliphatic carbocycles. The van der Waals surface area contributed by atoms with Gasteiger partial charge in [0.1, 0.15) is 5.69 Å². The predicted octanol–water partition coefficient (Wildman–Crippen LogP) is 3.87. The van der Waals surface area contributed by atoms with Crippen LogP contribution in [-0.4, -0.2) is 97.0 Å². The Hall–Kier alpha value is -3.36. The van der Waals surface area contributed by atoms with Gasteiger partial charge >= 0.3 is 0 Å². The van der Waals surface area contributed by atoms with Crippen LogP contribution in [0.15, 0.2) is 48.5 Å². The van der Waals surface area contributed by atoms with Crippen molar-refractivity contribution < 1.29 is 18.7 Å². The van der Waals surface area contributed by atoms with Crippen molar-refractivity contribution >= 4 is 33.3 Å². The van der Waals surface area contributed by atoms with E-state index in [1.807, 2.05) is 27.7 Å². The lowest BCUT2D eigenvalue weighted by Gasteiger charge is -2.40. The lowest BCUT2D eigenvalue weighted by atomic mass is 10.1. The summed E-state index contributed by atoms with van der Waals surface area (Å²) < 4.78 is 21.8. The van der Waals surface area contributed by atoms with Gasteiger partial charge in [-0.3, -0.25) is 23.6 Å².